The minimum absolute atomic E-state index is 0.246. The first kappa shape index (κ1) is 19.4. The van der Waals surface area contributed by atoms with Gasteiger partial charge in [0.15, 0.2) is 12.4 Å². The number of primary amides is 1. The summed E-state index contributed by atoms with van der Waals surface area (Å²) in [6, 6.07) is 13.8. The minimum atomic E-state index is -0.634. The molecule has 2 N–H and O–H groups in total. The van der Waals surface area contributed by atoms with Crippen LogP contribution in [-0.4, -0.2) is 31.3 Å². The van der Waals surface area contributed by atoms with Crippen LogP contribution >= 0.6 is 0 Å². The van der Waals surface area contributed by atoms with Gasteiger partial charge in [-0.25, -0.2) is 4.79 Å². The van der Waals surface area contributed by atoms with Gasteiger partial charge in [-0.05, 0) is 35.9 Å². The molecular formula is C22H22N2O4. The fourth-order valence-electron chi connectivity index (χ4n) is 3.44. The van der Waals surface area contributed by atoms with Gasteiger partial charge in [0.25, 0.3) is 0 Å². The molecule has 1 amide bonds. The van der Waals surface area contributed by atoms with Gasteiger partial charge in [-0.3, -0.25) is 9.59 Å². The van der Waals surface area contributed by atoms with Crippen LogP contribution < -0.4 is 10.6 Å². The Bertz CT molecular complexity index is 974. The number of fused-ring (bicyclic) bond motifs is 1. The molecule has 1 aliphatic rings. The van der Waals surface area contributed by atoms with Gasteiger partial charge < -0.3 is 15.4 Å². The molecule has 0 radical (unpaired) electrons. The van der Waals surface area contributed by atoms with Crippen molar-refractivity contribution in [3.63, 3.8) is 0 Å². The number of hydrogen-bond donors (Lipinski definition) is 1. The van der Waals surface area contributed by atoms with Crippen molar-refractivity contribution >= 4 is 23.3 Å². The predicted octanol–water partition coefficient (Wildman–Crippen LogP) is 2.82. The summed E-state index contributed by atoms with van der Waals surface area (Å²) in [4.78, 5) is 37.6. The van der Waals surface area contributed by atoms with Gasteiger partial charge in [0.1, 0.15) is 0 Å². The summed E-state index contributed by atoms with van der Waals surface area (Å²) in [5.74, 6) is -1.51. The predicted molar refractivity (Wildman–Crippen MR) is 106 cm³/mol. The van der Waals surface area contributed by atoms with Crippen molar-refractivity contribution in [2.45, 2.75) is 19.3 Å². The fraction of sp³-hybridized carbons (Fsp3) is 0.227. The van der Waals surface area contributed by atoms with Crippen molar-refractivity contribution in [2.75, 3.05) is 18.6 Å². The molecule has 0 fully saturated rings. The highest BCUT2D eigenvalue weighted by Crippen LogP contribution is 2.46. The summed E-state index contributed by atoms with van der Waals surface area (Å²) in [6.07, 6.45) is 1.53. The normalized spacial score (nSPS) is 16.0. The lowest BCUT2D eigenvalue weighted by atomic mass is 9.83. The number of para-hydroxylation sites is 1. The second-order valence-corrected chi connectivity index (χ2v) is 7.21. The van der Waals surface area contributed by atoms with Crippen LogP contribution in [0.25, 0.3) is 0 Å². The number of ketones is 1. The van der Waals surface area contributed by atoms with Crippen molar-refractivity contribution in [2.24, 2.45) is 5.73 Å². The Morgan fingerprint density at radius 3 is 2.25 bits per heavy atom. The highest BCUT2D eigenvalue weighted by atomic mass is 16.5. The summed E-state index contributed by atoms with van der Waals surface area (Å²) < 4.78 is 5.11. The van der Waals surface area contributed by atoms with Gasteiger partial charge in [0.05, 0.1) is 5.56 Å². The van der Waals surface area contributed by atoms with Crippen molar-refractivity contribution in [1.29, 1.82) is 0 Å². The van der Waals surface area contributed by atoms with Gasteiger partial charge in [-0.2, -0.15) is 0 Å². The first-order valence-electron chi connectivity index (χ1n) is 8.87. The highest BCUT2D eigenvalue weighted by Gasteiger charge is 2.38. The number of likely N-dealkylation sites (N-methyl/N-ethyl adjacent to an activating group) is 1. The molecular weight excluding hydrogens is 356 g/mol. The third kappa shape index (κ3) is 3.53. The standard InChI is InChI=1S/C22H22N2O4/c1-22(2)17-6-4-5-7-18(17)24(3)19(22)12-16(25)13-28-21(27)15-10-8-14(9-11-15)20(23)26/h4-12H,13H2,1-3H3,(H2,23,26). The van der Waals surface area contributed by atoms with Crippen molar-refractivity contribution in [1.82, 2.24) is 0 Å². The maximum absolute atomic E-state index is 12.4. The van der Waals surface area contributed by atoms with Gasteiger partial charge in [-0.1, -0.05) is 32.0 Å². The number of hydrogen-bond acceptors (Lipinski definition) is 5. The van der Waals surface area contributed by atoms with Crippen molar-refractivity contribution < 1.29 is 19.1 Å². The second kappa shape index (κ2) is 7.31. The number of anilines is 1. The van der Waals surface area contributed by atoms with E-state index in [0.717, 1.165) is 16.9 Å². The van der Waals surface area contributed by atoms with E-state index in [1.165, 1.54) is 30.3 Å². The number of amides is 1. The molecule has 2 aromatic carbocycles. The number of esters is 1. The first-order chi connectivity index (χ1) is 13.2. The number of nitrogens with two attached hydrogens (primary N) is 1. The van der Waals surface area contributed by atoms with Gasteiger partial charge in [-0.15, -0.1) is 0 Å². The number of allylic oxidation sites excluding steroid dienone is 1. The zero-order valence-corrected chi connectivity index (χ0v) is 16.1. The van der Waals surface area contributed by atoms with Crippen molar-refractivity contribution in [3.8, 4) is 0 Å². The van der Waals surface area contributed by atoms with E-state index in [1.807, 2.05) is 36.2 Å². The molecule has 2 aromatic rings. The third-order valence-electron chi connectivity index (χ3n) is 4.99. The van der Waals surface area contributed by atoms with Crippen LogP contribution in [-0.2, 0) is 14.9 Å². The van der Waals surface area contributed by atoms with E-state index in [2.05, 4.69) is 13.8 Å². The Labute approximate surface area is 163 Å². The lowest BCUT2D eigenvalue weighted by Crippen LogP contribution is -2.25. The molecule has 0 saturated heterocycles. The molecule has 0 saturated carbocycles. The lowest BCUT2D eigenvalue weighted by molar-refractivity contribution is -0.117. The Kier molecular flexibility index (Phi) is 5.05. The Morgan fingerprint density at radius 1 is 1.04 bits per heavy atom. The maximum atomic E-state index is 12.4. The largest absolute Gasteiger partial charge is 0.454 e. The van der Waals surface area contributed by atoms with Crippen LogP contribution in [0.2, 0.25) is 0 Å². The summed E-state index contributed by atoms with van der Waals surface area (Å²) >= 11 is 0. The summed E-state index contributed by atoms with van der Waals surface area (Å²) in [7, 11) is 1.92. The fourth-order valence-corrected chi connectivity index (χ4v) is 3.44. The zero-order valence-electron chi connectivity index (χ0n) is 16.1. The second-order valence-electron chi connectivity index (χ2n) is 7.21. The molecule has 0 bridgehead atoms. The van der Waals surface area contributed by atoms with Gasteiger partial charge in [0.2, 0.25) is 5.91 Å². The molecule has 0 aliphatic carbocycles. The van der Waals surface area contributed by atoms with E-state index < -0.39 is 11.9 Å². The van der Waals surface area contributed by atoms with Crippen LogP contribution in [0, 0.1) is 0 Å². The van der Waals surface area contributed by atoms with Gasteiger partial charge in [0, 0.05) is 35.5 Å². The zero-order chi connectivity index (χ0) is 20.5. The first-order valence-corrected chi connectivity index (χ1v) is 8.87. The molecule has 0 atom stereocenters. The average Bonchev–Trinajstić information content (AvgIpc) is 2.87. The number of carbonyl (C=O) groups excluding carboxylic acids is 3. The molecule has 0 aromatic heterocycles. The van der Waals surface area contributed by atoms with E-state index in [0.29, 0.717) is 5.56 Å². The van der Waals surface area contributed by atoms with E-state index >= 15 is 0 Å². The monoisotopic (exact) mass is 378 g/mol. The van der Waals surface area contributed by atoms with Crippen LogP contribution in [0.4, 0.5) is 5.69 Å². The van der Waals surface area contributed by atoms with E-state index in [9.17, 15) is 14.4 Å². The third-order valence-corrected chi connectivity index (χ3v) is 4.99. The molecule has 28 heavy (non-hydrogen) atoms. The molecule has 1 heterocycles. The molecule has 6 heteroatoms. The number of rotatable bonds is 5. The number of benzene rings is 2. The van der Waals surface area contributed by atoms with E-state index in [4.69, 9.17) is 10.5 Å². The summed E-state index contributed by atoms with van der Waals surface area (Å²) in [5, 5.41) is 0. The molecule has 3 rings (SSSR count). The summed E-state index contributed by atoms with van der Waals surface area (Å²) in [6.45, 7) is 3.75. The number of nitrogens with zero attached hydrogens (tertiary/aromatic N) is 1. The molecule has 0 unspecified atom stereocenters. The van der Waals surface area contributed by atoms with E-state index in [-0.39, 0.29) is 23.4 Å². The van der Waals surface area contributed by atoms with Gasteiger partial charge >= 0.3 is 5.97 Å². The lowest BCUT2D eigenvalue weighted by Gasteiger charge is -2.23. The SMILES string of the molecule is CN1C(=CC(=O)COC(=O)c2ccc(C(N)=O)cc2)C(C)(C)c2ccccc21. The number of carbonyl (C=O) groups is 3. The highest BCUT2D eigenvalue weighted by molar-refractivity contribution is 5.97. The van der Waals surface area contributed by atoms with Crippen LogP contribution in [0.1, 0.15) is 40.1 Å². The molecule has 6 nitrogen and oxygen atoms in total. The molecule has 1 aliphatic heterocycles. The number of ether oxygens (including phenoxy) is 1. The topological polar surface area (TPSA) is 89.7 Å². The van der Waals surface area contributed by atoms with Crippen LogP contribution in [0.3, 0.4) is 0 Å². The Balaban J connectivity index is 1.69. The van der Waals surface area contributed by atoms with Crippen LogP contribution in [0.5, 0.6) is 0 Å². The Morgan fingerprint density at radius 2 is 1.64 bits per heavy atom. The molecule has 0 spiro atoms. The minimum Gasteiger partial charge on any atom is -0.454 e. The Hall–Kier alpha value is -3.41. The summed E-state index contributed by atoms with van der Waals surface area (Å²) in [5.41, 5.74) is 8.43. The molecule has 144 valence electrons. The smallest absolute Gasteiger partial charge is 0.338 e. The van der Waals surface area contributed by atoms with E-state index in [1.54, 1.807) is 0 Å². The average molecular weight is 378 g/mol. The maximum Gasteiger partial charge on any atom is 0.338 e. The quantitative estimate of drug-likeness (QED) is 0.638. The van der Waals surface area contributed by atoms with Crippen LogP contribution in [0.15, 0.2) is 60.3 Å². The van der Waals surface area contributed by atoms with Crippen molar-refractivity contribution in [3.05, 3.63) is 77.0 Å².